The maximum absolute atomic E-state index is 12.2. The first-order chi connectivity index (χ1) is 11.1. The number of aromatic nitrogens is 1. The zero-order valence-electron chi connectivity index (χ0n) is 12.7. The molecule has 2 atom stereocenters. The van der Waals surface area contributed by atoms with Crippen LogP contribution in [-0.2, 0) is 9.53 Å². The van der Waals surface area contributed by atoms with E-state index in [0.29, 0.717) is 13.2 Å². The monoisotopic (exact) mass is 395 g/mol. The molecule has 0 saturated carbocycles. The van der Waals surface area contributed by atoms with Crippen LogP contribution >= 0.6 is 27.3 Å². The number of hydrogen-bond donors (Lipinski definition) is 2. The van der Waals surface area contributed by atoms with Crippen LogP contribution in [0.4, 0.5) is 0 Å². The Hall–Kier alpha value is -1.28. The van der Waals surface area contributed by atoms with Gasteiger partial charge in [0.15, 0.2) is 0 Å². The second-order valence-corrected chi connectivity index (χ2v) is 7.18. The largest absolute Gasteiger partial charge is 0.366 e. The highest BCUT2D eigenvalue weighted by molar-refractivity contribution is 9.10. The van der Waals surface area contributed by atoms with Crippen LogP contribution in [0.1, 0.15) is 18.0 Å². The standard InChI is InChI=1S/C16H18BrN3O2S/c1-10(19-15(21)14-8-18-6-7-22-14)16-20-13(9-23-16)11-2-4-12(17)5-3-11/h2-5,9-10,14,18H,6-8H2,1H3,(H,19,21). The van der Waals surface area contributed by atoms with E-state index in [1.54, 1.807) is 11.3 Å². The fourth-order valence-corrected chi connectivity index (χ4v) is 3.44. The highest BCUT2D eigenvalue weighted by atomic mass is 79.9. The predicted octanol–water partition coefficient (Wildman–Crippen LogP) is 2.74. The summed E-state index contributed by atoms with van der Waals surface area (Å²) in [7, 11) is 0. The summed E-state index contributed by atoms with van der Waals surface area (Å²) in [6.07, 6.45) is -0.419. The van der Waals surface area contributed by atoms with Crippen molar-refractivity contribution in [2.75, 3.05) is 19.7 Å². The van der Waals surface area contributed by atoms with Crippen LogP contribution in [0.2, 0.25) is 0 Å². The van der Waals surface area contributed by atoms with Gasteiger partial charge in [0.25, 0.3) is 5.91 Å². The van der Waals surface area contributed by atoms with Gasteiger partial charge in [0.2, 0.25) is 0 Å². The topological polar surface area (TPSA) is 63.2 Å². The minimum atomic E-state index is -0.419. The predicted molar refractivity (Wildman–Crippen MR) is 94.4 cm³/mol. The minimum Gasteiger partial charge on any atom is -0.366 e. The van der Waals surface area contributed by atoms with Gasteiger partial charge in [-0.1, -0.05) is 28.1 Å². The lowest BCUT2D eigenvalue weighted by atomic mass is 10.2. The van der Waals surface area contributed by atoms with Crippen molar-refractivity contribution < 1.29 is 9.53 Å². The number of amides is 1. The van der Waals surface area contributed by atoms with Gasteiger partial charge in [-0.15, -0.1) is 11.3 Å². The number of hydrogen-bond acceptors (Lipinski definition) is 5. The number of ether oxygens (including phenoxy) is 1. The van der Waals surface area contributed by atoms with Crippen molar-refractivity contribution >= 4 is 33.2 Å². The van der Waals surface area contributed by atoms with E-state index in [4.69, 9.17) is 4.74 Å². The Balaban J connectivity index is 1.64. The summed E-state index contributed by atoms with van der Waals surface area (Å²) in [5.41, 5.74) is 1.99. The number of carbonyl (C=O) groups is 1. The van der Waals surface area contributed by atoms with Crippen LogP contribution in [0.15, 0.2) is 34.1 Å². The Bertz CT molecular complexity index is 668. The van der Waals surface area contributed by atoms with E-state index in [0.717, 1.165) is 27.3 Å². The Morgan fingerprint density at radius 2 is 2.26 bits per heavy atom. The number of rotatable bonds is 4. The van der Waals surface area contributed by atoms with E-state index in [9.17, 15) is 4.79 Å². The van der Waals surface area contributed by atoms with Gasteiger partial charge in [-0.2, -0.15) is 0 Å². The van der Waals surface area contributed by atoms with Gasteiger partial charge in [0.05, 0.1) is 18.3 Å². The maximum Gasteiger partial charge on any atom is 0.251 e. The third kappa shape index (κ3) is 4.17. The van der Waals surface area contributed by atoms with Gasteiger partial charge in [-0.3, -0.25) is 4.79 Å². The van der Waals surface area contributed by atoms with E-state index in [2.05, 4.69) is 31.5 Å². The first-order valence-electron chi connectivity index (χ1n) is 7.47. The number of carbonyl (C=O) groups excluding carboxylic acids is 1. The smallest absolute Gasteiger partial charge is 0.251 e. The second kappa shape index (κ2) is 7.53. The molecule has 3 rings (SSSR count). The molecule has 5 nitrogen and oxygen atoms in total. The summed E-state index contributed by atoms with van der Waals surface area (Å²) in [4.78, 5) is 16.8. The third-order valence-electron chi connectivity index (χ3n) is 3.61. The molecule has 1 aromatic heterocycles. The highest BCUT2D eigenvalue weighted by Crippen LogP contribution is 2.26. The van der Waals surface area contributed by atoms with Gasteiger partial charge in [-0.25, -0.2) is 4.98 Å². The average molecular weight is 396 g/mol. The molecule has 1 aromatic carbocycles. The molecule has 7 heteroatoms. The van der Waals surface area contributed by atoms with Gasteiger partial charge >= 0.3 is 0 Å². The van der Waals surface area contributed by atoms with Gasteiger partial charge in [0, 0.05) is 28.5 Å². The maximum atomic E-state index is 12.2. The highest BCUT2D eigenvalue weighted by Gasteiger charge is 2.24. The van der Waals surface area contributed by atoms with Crippen molar-refractivity contribution in [1.29, 1.82) is 0 Å². The quantitative estimate of drug-likeness (QED) is 0.835. The summed E-state index contributed by atoms with van der Waals surface area (Å²) in [5, 5.41) is 9.04. The van der Waals surface area contributed by atoms with Gasteiger partial charge in [-0.05, 0) is 19.1 Å². The van der Waals surface area contributed by atoms with Gasteiger partial charge < -0.3 is 15.4 Å². The van der Waals surface area contributed by atoms with Crippen LogP contribution in [0.5, 0.6) is 0 Å². The van der Waals surface area contributed by atoms with Crippen molar-refractivity contribution in [2.45, 2.75) is 19.1 Å². The number of benzene rings is 1. The van der Waals surface area contributed by atoms with Crippen molar-refractivity contribution in [3.63, 3.8) is 0 Å². The molecular formula is C16H18BrN3O2S. The van der Waals surface area contributed by atoms with Crippen LogP contribution < -0.4 is 10.6 Å². The van der Waals surface area contributed by atoms with Crippen molar-refractivity contribution in [2.24, 2.45) is 0 Å². The molecule has 1 amide bonds. The molecule has 1 fully saturated rings. The van der Waals surface area contributed by atoms with Crippen LogP contribution in [0.3, 0.4) is 0 Å². The number of halogens is 1. The Labute approximate surface area is 147 Å². The minimum absolute atomic E-state index is 0.0925. The number of thiazole rings is 1. The Kier molecular flexibility index (Phi) is 5.42. The molecule has 0 spiro atoms. The molecule has 2 heterocycles. The molecule has 2 unspecified atom stereocenters. The second-order valence-electron chi connectivity index (χ2n) is 5.37. The van der Waals surface area contributed by atoms with Crippen molar-refractivity contribution in [1.82, 2.24) is 15.6 Å². The zero-order chi connectivity index (χ0) is 16.2. The van der Waals surface area contributed by atoms with E-state index >= 15 is 0 Å². The Morgan fingerprint density at radius 1 is 1.48 bits per heavy atom. The SMILES string of the molecule is CC(NC(=O)C1CNCCO1)c1nc(-c2ccc(Br)cc2)cs1. The molecule has 2 N–H and O–H groups in total. The van der Waals surface area contributed by atoms with E-state index in [1.165, 1.54) is 0 Å². The normalized spacial score (nSPS) is 19.3. The van der Waals surface area contributed by atoms with Crippen LogP contribution in [-0.4, -0.2) is 36.7 Å². The fourth-order valence-electron chi connectivity index (χ4n) is 2.34. The number of morpholine rings is 1. The molecule has 0 radical (unpaired) electrons. The third-order valence-corrected chi connectivity index (χ3v) is 5.17. The fraction of sp³-hybridized carbons (Fsp3) is 0.375. The van der Waals surface area contributed by atoms with Crippen LogP contribution in [0, 0.1) is 0 Å². The summed E-state index contributed by atoms with van der Waals surface area (Å²) >= 11 is 4.98. The summed E-state index contributed by atoms with van der Waals surface area (Å²) in [5.74, 6) is -0.0925. The summed E-state index contributed by atoms with van der Waals surface area (Å²) in [6.45, 7) is 3.86. The molecular weight excluding hydrogens is 378 g/mol. The van der Waals surface area contributed by atoms with Crippen molar-refractivity contribution in [3.8, 4) is 11.3 Å². The van der Waals surface area contributed by atoms with E-state index in [-0.39, 0.29) is 11.9 Å². The molecule has 0 aliphatic carbocycles. The zero-order valence-corrected chi connectivity index (χ0v) is 15.1. The molecule has 122 valence electrons. The number of nitrogens with one attached hydrogen (secondary N) is 2. The first-order valence-corrected chi connectivity index (χ1v) is 9.15. The Morgan fingerprint density at radius 3 is 2.96 bits per heavy atom. The lowest BCUT2D eigenvalue weighted by molar-refractivity contribution is -0.134. The average Bonchev–Trinajstić information content (AvgIpc) is 3.06. The lowest BCUT2D eigenvalue weighted by Crippen LogP contribution is -2.48. The first kappa shape index (κ1) is 16.6. The molecule has 23 heavy (non-hydrogen) atoms. The summed E-state index contributed by atoms with van der Waals surface area (Å²) in [6, 6.07) is 7.89. The van der Waals surface area contributed by atoms with E-state index in [1.807, 2.05) is 36.6 Å². The molecule has 1 aliphatic heterocycles. The molecule has 2 aromatic rings. The molecule has 0 bridgehead atoms. The van der Waals surface area contributed by atoms with Crippen molar-refractivity contribution in [3.05, 3.63) is 39.1 Å². The van der Waals surface area contributed by atoms with Crippen LogP contribution in [0.25, 0.3) is 11.3 Å². The molecule has 1 saturated heterocycles. The summed E-state index contributed by atoms with van der Waals surface area (Å²) < 4.78 is 6.51. The van der Waals surface area contributed by atoms with E-state index < -0.39 is 6.10 Å². The molecule has 1 aliphatic rings. The lowest BCUT2D eigenvalue weighted by Gasteiger charge is -2.24. The van der Waals surface area contributed by atoms with Gasteiger partial charge in [0.1, 0.15) is 11.1 Å². The number of nitrogens with zero attached hydrogens (tertiary/aromatic N) is 1.